The minimum absolute atomic E-state index is 0.000793. The van der Waals surface area contributed by atoms with Gasteiger partial charge in [0.05, 0.1) is 11.3 Å². The average Bonchev–Trinajstić information content (AvgIpc) is 2.51. The molecule has 0 unspecified atom stereocenters. The molecule has 0 aliphatic rings. The Morgan fingerprint density at radius 1 is 1.12 bits per heavy atom. The Hall–Kier alpha value is -2.68. The lowest BCUT2D eigenvalue weighted by Gasteiger charge is -2.12. The van der Waals surface area contributed by atoms with Gasteiger partial charge in [-0.15, -0.1) is 24.9 Å². The van der Waals surface area contributed by atoms with Crippen molar-refractivity contribution in [3.8, 4) is 5.75 Å². The van der Waals surface area contributed by atoms with E-state index in [-0.39, 0.29) is 17.0 Å². The van der Waals surface area contributed by atoms with E-state index in [2.05, 4.69) is 10.1 Å². The Bertz CT molecular complexity index is 781. The van der Waals surface area contributed by atoms with E-state index in [0.717, 1.165) is 23.9 Å². The summed E-state index contributed by atoms with van der Waals surface area (Å²) in [6.07, 6.45) is -4.82. The van der Waals surface area contributed by atoms with Gasteiger partial charge in [-0.25, -0.2) is 0 Å². The predicted octanol–water partition coefficient (Wildman–Crippen LogP) is 3.41. The van der Waals surface area contributed by atoms with Crippen molar-refractivity contribution < 1.29 is 27.5 Å². The van der Waals surface area contributed by atoms with Crippen molar-refractivity contribution in [3.63, 3.8) is 0 Å². The highest BCUT2D eigenvalue weighted by molar-refractivity contribution is 8.00. The van der Waals surface area contributed by atoms with Crippen molar-refractivity contribution in [1.29, 1.82) is 0 Å². The molecule has 5 nitrogen and oxygen atoms in total. The fourth-order valence-electron chi connectivity index (χ4n) is 1.90. The van der Waals surface area contributed by atoms with Gasteiger partial charge < -0.3 is 15.8 Å². The summed E-state index contributed by atoms with van der Waals surface area (Å²) >= 11 is 1.10. The van der Waals surface area contributed by atoms with Crippen molar-refractivity contribution in [3.05, 3.63) is 54.1 Å². The highest BCUT2D eigenvalue weighted by Gasteiger charge is 2.31. The number of nitrogens with two attached hydrogens (primary N) is 1. The van der Waals surface area contributed by atoms with E-state index in [9.17, 15) is 22.8 Å². The zero-order chi connectivity index (χ0) is 18.4. The van der Waals surface area contributed by atoms with Crippen LogP contribution in [0.2, 0.25) is 0 Å². The van der Waals surface area contributed by atoms with Gasteiger partial charge in [-0.05, 0) is 24.3 Å². The summed E-state index contributed by atoms with van der Waals surface area (Å²) in [5, 5.41) is 2.50. The molecule has 2 aromatic carbocycles. The fourth-order valence-corrected chi connectivity index (χ4v) is 2.69. The number of ether oxygens (including phenoxy) is 1. The van der Waals surface area contributed by atoms with Gasteiger partial charge in [0, 0.05) is 16.6 Å². The van der Waals surface area contributed by atoms with E-state index in [1.807, 2.05) is 0 Å². The van der Waals surface area contributed by atoms with Gasteiger partial charge in [0.2, 0.25) is 5.91 Å². The van der Waals surface area contributed by atoms with Crippen LogP contribution in [0.15, 0.2) is 53.4 Å². The zero-order valence-electron chi connectivity index (χ0n) is 12.7. The molecule has 2 amide bonds. The Morgan fingerprint density at radius 2 is 1.84 bits per heavy atom. The second kappa shape index (κ2) is 7.93. The number of halogens is 3. The highest BCUT2D eigenvalue weighted by Crippen LogP contribution is 2.27. The molecule has 3 N–H and O–H groups in total. The van der Waals surface area contributed by atoms with Crippen LogP contribution in [0.25, 0.3) is 0 Å². The summed E-state index contributed by atoms with van der Waals surface area (Å²) in [4.78, 5) is 23.8. The molecule has 0 spiro atoms. The summed E-state index contributed by atoms with van der Waals surface area (Å²) < 4.78 is 40.6. The second-order valence-corrected chi connectivity index (χ2v) is 5.80. The summed E-state index contributed by atoms with van der Waals surface area (Å²) in [7, 11) is 0. The van der Waals surface area contributed by atoms with Crippen LogP contribution in [-0.4, -0.2) is 23.9 Å². The molecule has 9 heteroatoms. The Morgan fingerprint density at radius 3 is 2.52 bits per heavy atom. The van der Waals surface area contributed by atoms with E-state index in [0.29, 0.717) is 4.90 Å². The third-order valence-corrected chi connectivity index (χ3v) is 3.92. The van der Waals surface area contributed by atoms with Crippen LogP contribution in [0.4, 0.5) is 18.9 Å². The number of alkyl halides is 3. The summed E-state index contributed by atoms with van der Waals surface area (Å²) in [5.41, 5.74) is 5.51. The van der Waals surface area contributed by atoms with E-state index in [1.54, 1.807) is 18.2 Å². The molecule has 132 valence electrons. The first-order valence-corrected chi connectivity index (χ1v) is 7.90. The maximum atomic E-state index is 12.4. The van der Waals surface area contributed by atoms with Gasteiger partial charge in [0.25, 0.3) is 5.91 Å². The Kier molecular flexibility index (Phi) is 5.92. The molecule has 25 heavy (non-hydrogen) atoms. The molecule has 0 bridgehead atoms. The number of amides is 2. The first kappa shape index (κ1) is 18.7. The van der Waals surface area contributed by atoms with Crippen LogP contribution < -0.4 is 15.8 Å². The third-order valence-electron chi connectivity index (χ3n) is 2.83. The molecule has 0 fully saturated rings. The molecule has 2 aromatic rings. The molecule has 0 aromatic heterocycles. The number of anilines is 1. The first-order chi connectivity index (χ1) is 11.7. The first-order valence-electron chi connectivity index (χ1n) is 6.92. The number of primary amides is 1. The number of thioether (sulfide) groups is 1. The van der Waals surface area contributed by atoms with Crippen molar-refractivity contribution in [2.75, 3.05) is 11.1 Å². The van der Waals surface area contributed by atoms with Crippen LogP contribution in [-0.2, 0) is 4.79 Å². The van der Waals surface area contributed by atoms with Gasteiger partial charge in [-0.2, -0.15) is 0 Å². The third kappa shape index (κ3) is 6.03. The van der Waals surface area contributed by atoms with Crippen molar-refractivity contribution in [2.45, 2.75) is 11.3 Å². The summed E-state index contributed by atoms with van der Waals surface area (Å²) in [6.45, 7) is 0. The van der Waals surface area contributed by atoms with Crippen molar-refractivity contribution >= 4 is 29.3 Å². The zero-order valence-corrected chi connectivity index (χ0v) is 13.5. The molecule has 0 saturated heterocycles. The number of benzene rings is 2. The Labute approximate surface area is 145 Å². The summed E-state index contributed by atoms with van der Waals surface area (Å²) in [5.74, 6) is -1.50. The van der Waals surface area contributed by atoms with E-state index in [1.165, 1.54) is 18.2 Å². The van der Waals surface area contributed by atoms with Gasteiger partial charge in [0.15, 0.2) is 0 Å². The minimum Gasteiger partial charge on any atom is -0.406 e. The molecule has 0 atom stereocenters. The number of nitrogens with one attached hydrogen (secondary N) is 1. The lowest BCUT2D eigenvalue weighted by atomic mass is 10.2. The Balaban J connectivity index is 2.15. The van der Waals surface area contributed by atoms with Crippen LogP contribution in [0.1, 0.15) is 10.4 Å². The highest BCUT2D eigenvalue weighted by atomic mass is 32.2. The quantitative estimate of drug-likeness (QED) is 0.764. The number of carbonyl (C=O) groups is 2. The molecule has 0 radical (unpaired) electrons. The van der Waals surface area contributed by atoms with Crippen molar-refractivity contribution in [2.24, 2.45) is 5.73 Å². The van der Waals surface area contributed by atoms with Crippen LogP contribution in [0.3, 0.4) is 0 Å². The molecule has 0 aliphatic heterocycles. The molecule has 2 rings (SSSR count). The number of rotatable bonds is 6. The maximum Gasteiger partial charge on any atom is 0.573 e. The predicted molar refractivity (Wildman–Crippen MR) is 87.4 cm³/mol. The van der Waals surface area contributed by atoms with Crippen LogP contribution in [0.5, 0.6) is 5.75 Å². The maximum absolute atomic E-state index is 12.4. The average molecular weight is 370 g/mol. The molecule has 0 saturated carbocycles. The van der Waals surface area contributed by atoms with Gasteiger partial charge in [-0.3, -0.25) is 9.59 Å². The summed E-state index contributed by atoms with van der Waals surface area (Å²) in [6, 6.07) is 11.4. The van der Waals surface area contributed by atoms with E-state index in [4.69, 9.17) is 5.73 Å². The van der Waals surface area contributed by atoms with Gasteiger partial charge >= 0.3 is 6.36 Å². The molecular formula is C16H13F3N2O3S. The van der Waals surface area contributed by atoms with Crippen LogP contribution in [0, 0.1) is 0 Å². The topological polar surface area (TPSA) is 81.4 Å². The number of carbonyl (C=O) groups excluding carboxylic acids is 2. The lowest BCUT2D eigenvalue weighted by molar-refractivity contribution is -0.274. The second-order valence-electron chi connectivity index (χ2n) is 4.78. The van der Waals surface area contributed by atoms with Gasteiger partial charge in [-0.1, -0.05) is 18.2 Å². The number of hydrogen-bond acceptors (Lipinski definition) is 4. The molecular weight excluding hydrogens is 357 g/mol. The largest absolute Gasteiger partial charge is 0.573 e. The fraction of sp³-hybridized carbons (Fsp3) is 0.125. The SMILES string of the molecule is NC(=O)CSc1ccccc1C(=O)Nc1cccc(OC(F)(F)F)c1. The number of hydrogen-bond donors (Lipinski definition) is 2. The van der Waals surface area contributed by atoms with Crippen molar-refractivity contribution in [1.82, 2.24) is 0 Å². The molecule has 0 aliphatic carbocycles. The standard InChI is InChI=1S/C16H13F3N2O3S/c17-16(18,19)24-11-5-3-4-10(8-11)21-15(23)12-6-1-2-7-13(12)25-9-14(20)22/h1-8H,9H2,(H2,20,22)(H,21,23). The normalized spacial score (nSPS) is 11.0. The lowest BCUT2D eigenvalue weighted by Crippen LogP contribution is -2.18. The van der Waals surface area contributed by atoms with Gasteiger partial charge in [0.1, 0.15) is 5.75 Å². The van der Waals surface area contributed by atoms with E-state index >= 15 is 0 Å². The monoisotopic (exact) mass is 370 g/mol. The van der Waals surface area contributed by atoms with E-state index < -0.39 is 23.9 Å². The molecule has 0 heterocycles. The minimum atomic E-state index is -4.82. The van der Waals surface area contributed by atoms with Crippen LogP contribution >= 0.6 is 11.8 Å². The smallest absolute Gasteiger partial charge is 0.406 e.